The molecule has 2 heteroatoms. The van der Waals surface area contributed by atoms with Gasteiger partial charge < -0.3 is 0 Å². The molecule has 1 saturated carbocycles. The van der Waals surface area contributed by atoms with Gasteiger partial charge in [0.15, 0.2) is 0 Å². The zero-order chi connectivity index (χ0) is 15.8. The zero-order valence-corrected chi connectivity index (χ0v) is 12.7. The number of nitrogens with zero attached hydrogens (tertiary/aromatic N) is 2. The van der Waals surface area contributed by atoms with Crippen molar-refractivity contribution in [1.82, 2.24) is 0 Å². The van der Waals surface area contributed by atoms with E-state index in [4.69, 9.17) is 0 Å². The average molecular weight is 294 g/mol. The molecule has 0 amide bonds. The van der Waals surface area contributed by atoms with E-state index < -0.39 is 5.41 Å². The lowest BCUT2D eigenvalue weighted by molar-refractivity contribution is 0.518. The molecule has 2 unspecified atom stereocenters. The molecule has 3 aliphatic carbocycles. The minimum absolute atomic E-state index is 0.0705. The number of hydrogen-bond acceptors (Lipinski definition) is 2. The Labute approximate surface area is 135 Å². The molecule has 0 heterocycles. The Kier molecular flexibility index (Phi) is 2.06. The normalized spacial score (nSPS) is 35.3. The number of benzene rings is 2. The second-order valence-electron chi connectivity index (χ2n) is 6.94. The highest BCUT2D eigenvalue weighted by atomic mass is 14.9. The van der Waals surface area contributed by atoms with Crippen molar-refractivity contribution in [2.45, 2.75) is 18.8 Å². The second-order valence-corrected chi connectivity index (χ2v) is 6.94. The van der Waals surface area contributed by atoms with Crippen LogP contribution in [-0.2, 0) is 0 Å². The first-order valence-electron chi connectivity index (χ1n) is 7.92. The maximum absolute atomic E-state index is 10.1. The average Bonchev–Trinajstić information content (AvgIpc) is 2.92. The van der Waals surface area contributed by atoms with E-state index in [0.717, 1.165) is 16.7 Å². The first-order chi connectivity index (χ1) is 11.2. The van der Waals surface area contributed by atoms with Crippen LogP contribution in [-0.4, -0.2) is 0 Å². The topological polar surface area (TPSA) is 47.6 Å². The summed E-state index contributed by atoms with van der Waals surface area (Å²) >= 11 is 0. The van der Waals surface area contributed by atoms with E-state index in [-0.39, 0.29) is 17.3 Å². The van der Waals surface area contributed by atoms with Crippen LogP contribution in [0.5, 0.6) is 0 Å². The van der Waals surface area contributed by atoms with E-state index in [1.807, 2.05) is 30.3 Å². The highest BCUT2D eigenvalue weighted by molar-refractivity contribution is 5.92. The van der Waals surface area contributed by atoms with Crippen molar-refractivity contribution in [1.29, 1.82) is 10.5 Å². The number of allylic oxidation sites excluding steroid dienone is 2. The summed E-state index contributed by atoms with van der Waals surface area (Å²) in [5.41, 5.74) is 4.71. The molecule has 1 fully saturated rings. The molecule has 2 aromatic carbocycles. The van der Waals surface area contributed by atoms with Crippen molar-refractivity contribution in [3.63, 3.8) is 0 Å². The number of nitriles is 2. The van der Waals surface area contributed by atoms with Gasteiger partial charge in [-0.05, 0) is 22.3 Å². The van der Waals surface area contributed by atoms with Gasteiger partial charge >= 0.3 is 0 Å². The summed E-state index contributed by atoms with van der Waals surface area (Å²) < 4.78 is 0. The maximum atomic E-state index is 10.1. The molecule has 0 N–H and O–H groups in total. The standard InChI is InChI=1S/C21H14N2/c1-20-17(13-7-3-2-4-8-13)16(11-22)18-14-9-5-6-10-15(14)19(20)21(18,20)12-23/h2-10,18-19H,1H3/t18-,19?,20?,21+/m0/s1. The highest BCUT2D eigenvalue weighted by Gasteiger charge is 2.87. The Balaban J connectivity index is 1.86. The van der Waals surface area contributed by atoms with Gasteiger partial charge in [-0.2, -0.15) is 10.5 Å². The fourth-order valence-corrected chi connectivity index (χ4v) is 5.54. The predicted molar refractivity (Wildman–Crippen MR) is 87.1 cm³/mol. The van der Waals surface area contributed by atoms with E-state index >= 15 is 0 Å². The maximum Gasteiger partial charge on any atom is 0.0957 e. The molecule has 108 valence electrons. The van der Waals surface area contributed by atoms with E-state index in [9.17, 15) is 10.5 Å². The summed E-state index contributed by atoms with van der Waals surface area (Å²) in [7, 11) is 0. The summed E-state index contributed by atoms with van der Waals surface area (Å²) in [6, 6.07) is 23.5. The Bertz CT molecular complexity index is 973. The Morgan fingerprint density at radius 2 is 1.57 bits per heavy atom. The minimum Gasteiger partial charge on any atom is -0.198 e. The lowest BCUT2D eigenvalue weighted by Crippen LogP contribution is -2.12. The van der Waals surface area contributed by atoms with Crippen molar-refractivity contribution in [3.8, 4) is 12.1 Å². The Hall–Kier alpha value is -2.84. The van der Waals surface area contributed by atoms with Gasteiger partial charge in [0.05, 0.1) is 17.6 Å². The molecule has 0 aliphatic heterocycles. The largest absolute Gasteiger partial charge is 0.198 e. The quantitative estimate of drug-likeness (QED) is 0.783. The third kappa shape index (κ3) is 1.08. The third-order valence-corrected chi connectivity index (χ3v) is 6.33. The van der Waals surface area contributed by atoms with Crippen LogP contribution < -0.4 is 0 Å². The van der Waals surface area contributed by atoms with Crippen LogP contribution in [0.3, 0.4) is 0 Å². The highest BCUT2D eigenvalue weighted by Crippen LogP contribution is 2.91. The lowest BCUT2D eigenvalue weighted by atomic mass is 9.82. The van der Waals surface area contributed by atoms with Crippen LogP contribution in [0, 0.1) is 33.5 Å². The summed E-state index contributed by atoms with van der Waals surface area (Å²) in [5, 5.41) is 20.0. The molecular weight excluding hydrogens is 280 g/mol. The Morgan fingerprint density at radius 3 is 2.22 bits per heavy atom. The third-order valence-electron chi connectivity index (χ3n) is 6.33. The van der Waals surface area contributed by atoms with Gasteiger partial charge in [0.2, 0.25) is 0 Å². The van der Waals surface area contributed by atoms with E-state index in [1.165, 1.54) is 11.1 Å². The summed E-state index contributed by atoms with van der Waals surface area (Å²) in [6.45, 7) is 2.18. The molecule has 0 bridgehead atoms. The van der Waals surface area contributed by atoms with Gasteiger partial charge in [-0.25, -0.2) is 0 Å². The predicted octanol–water partition coefficient (Wildman–Crippen LogP) is 4.39. The smallest absolute Gasteiger partial charge is 0.0957 e. The van der Waals surface area contributed by atoms with Crippen LogP contribution >= 0.6 is 0 Å². The fraction of sp³-hybridized carbons (Fsp3) is 0.238. The Morgan fingerprint density at radius 1 is 0.913 bits per heavy atom. The number of fused-ring (bicyclic) bond motifs is 4. The molecule has 2 nitrogen and oxygen atoms in total. The van der Waals surface area contributed by atoms with Crippen LogP contribution in [0.4, 0.5) is 0 Å². The van der Waals surface area contributed by atoms with Gasteiger partial charge in [-0.15, -0.1) is 0 Å². The van der Waals surface area contributed by atoms with E-state index in [1.54, 1.807) is 0 Å². The van der Waals surface area contributed by atoms with E-state index in [2.05, 4.69) is 43.3 Å². The first-order valence-corrected chi connectivity index (χ1v) is 7.92. The molecule has 0 radical (unpaired) electrons. The van der Waals surface area contributed by atoms with Crippen LogP contribution in [0.1, 0.15) is 35.4 Å². The van der Waals surface area contributed by atoms with Crippen LogP contribution in [0.2, 0.25) is 0 Å². The minimum atomic E-state index is -0.465. The van der Waals surface area contributed by atoms with Crippen LogP contribution in [0.25, 0.3) is 5.57 Å². The summed E-state index contributed by atoms with van der Waals surface area (Å²) in [4.78, 5) is 0. The molecule has 0 saturated heterocycles. The molecular formula is C21H14N2. The molecule has 0 spiro atoms. The summed E-state index contributed by atoms with van der Waals surface area (Å²) in [6.07, 6.45) is 0. The van der Waals surface area contributed by atoms with Crippen molar-refractivity contribution >= 4 is 5.57 Å². The molecule has 4 atom stereocenters. The van der Waals surface area contributed by atoms with Gasteiger partial charge in [0.1, 0.15) is 0 Å². The fourth-order valence-electron chi connectivity index (χ4n) is 5.54. The van der Waals surface area contributed by atoms with Gasteiger partial charge in [0, 0.05) is 22.8 Å². The van der Waals surface area contributed by atoms with Crippen molar-refractivity contribution in [3.05, 3.63) is 76.9 Å². The van der Waals surface area contributed by atoms with Gasteiger partial charge in [-0.1, -0.05) is 61.5 Å². The van der Waals surface area contributed by atoms with Crippen LogP contribution in [0.15, 0.2) is 60.2 Å². The van der Waals surface area contributed by atoms with Crippen molar-refractivity contribution in [2.24, 2.45) is 10.8 Å². The lowest BCUT2D eigenvalue weighted by Gasteiger charge is -2.18. The molecule has 0 aromatic heterocycles. The van der Waals surface area contributed by atoms with Gasteiger partial charge in [-0.3, -0.25) is 0 Å². The van der Waals surface area contributed by atoms with Gasteiger partial charge in [0.25, 0.3) is 0 Å². The van der Waals surface area contributed by atoms with Crippen molar-refractivity contribution in [2.75, 3.05) is 0 Å². The van der Waals surface area contributed by atoms with Crippen molar-refractivity contribution < 1.29 is 0 Å². The SMILES string of the molecule is CC12C(c3ccccc3)=C(C#N)[C@@H]3c4ccccc4C1[C@@]32C#N. The summed E-state index contributed by atoms with van der Waals surface area (Å²) in [5.74, 6) is 0.146. The molecule has 2 aromatic rings. The number of hydrogen-bond donors (Lipinski definition) is 0. The second kappa shape index (κ2) is 3.73. The molecule has 23 heavy (non-hydrogen) atoms. The number of rotatable bonds is 1. The molecule has 3 aliphatic rings. The van der Waals surface area contributed by atoms with E-state index in [0.29, 0.717) is 0 Å². The zero-order valence-electron chi connectivity index (χ0n) is 12.7. The molecule has 5 rings (SSSR count). The first kappa shape index (κ1) is 12.7. The monoisotopic (exact) mass is 294 g/mol.